The van der Waals surface area contributed by atoms with Gasteiger partial charge in [-0.2, -0.15) is 0 Å². The van der Waals surface area contributed by atoms with Crippen molar-refractivity contribution in [2.75, 3.05) is 17.7 Å². The molecule has 3 aromatic carbocycles. The maximum absolute atomic E-state index is 12.9. The van der Waals surface area contributed by atoms with Gasteiger partial charge in [0.2, 0.25) is 9.84 Å². The van der Waals surface area contributed by atoms with Gasteiger partial charge in [0.05, 0.1) is 22.6 Å². The van der Waals surface area contributed by atoms with E-state index in [1.807, 2.05) is 24.3 Å². The Hall–Kier alpha value is -2.90. The highest BCUT2D eigenvalue weighted by molar-refractivity contribution is 7.91. The molecule has 7 heteroatoms. The van der Waals surface area contributed by atoms with Crippen LogP contribution in [0.4, 0.5) is 11.4 Å². The largest absolute Gasteiger partial charge is 0.495 e. The number of rotatable bonds is 6. The third-order valence-electron chi connectivity index (χ3n) is 4.62. The fraction of sp³-hybridized carbons (Fsp3) is 0.174. The molecule has 0 aliphatic heterocycles. The number of ether oxygens (including phenoxy) is 1. The maximum atomic E-state index is 12.9. The molecular weight excluding hydrogens is 416 g/mol. The number of sulfone groups is 1. The van der Waals surface area contributed by atoms with E-state index in [1.165, 1.54) is 24.8 Å². The highest BCUT2D eigenvalue weighted by Gasteiger charge is 2.19. The van der Waals surface area contributed by atoms with Gasteiger partial charge in [-0.1, -0.05) is 44.2 Å². The Morgan fingerprint density at radius 1 is 0.900 bits per heavy atom. The number of nitrogens with one attached hydrogen (secondary N) is 2. The first-order chi connectivity index (χ1) is 14.3. The summed E-state index contributed by atoms with van der Waals surface area (Å²) in [6.07, 6.45) is 0. The van der Waals surface area contributed by atoms with Gasteiger partial charge in [-0.15, -0.1) is 0 Å². The minimum atomic E-state index is -3.65. The average molecular weight is 441 g/mol. The summed E-state index contributed by atoms with van der Waals surface area (Å²) in [6, 6.07) is 21.0. The van der Waals surface area contributed by atoms with Gasteiger partial charge in [0, 0.05) is 5.69 Å². The van der Waals surface area contributed by atoms with Crippen LogP contribution in [-0.2, 0) is 9.84 Å². The lowest BCUT2D eigenvalue weighted by Crippen LogP contribution is -2.19. The lowest BCUT2D eigenvalue weighted by Gasteiger charge is -2.15. The zero-order valence-electron chi connectivity index (χ0n) is 17.0. The lowest BCUT2D eigenvalue weighted by molar-refractivity contribution is 0.416. The van der Waals surface area contributed by atoms with Crippen LogP contribution in [-0.4, -0.2) is 20.6 Å². The van der Waals surface area contributed by atoms with Crippen molar-refractivity contribution in [1.29, 1.82) is 0 Å². The summed E-state index contributed by atoms with van der Waals surface area (Å²) < 4.78 is 31.2. The Morgan fingerprint density at radius 3 is 2.17 bits per heavy atom. The van der Waals surface area contributed by atoms with Crippen molar-refractivity contribution in [3.63, 3.8) is 0 Å². The van der Waals surface area contributed by atoms with Gasteiger partial charge >= 0.3 is 0 Å². The molecule has 156 valence electrons. The van der Waals surface area contributed by atoms with Crippen molar-refractivity contribution in [3.05, 3.63) is 78.4 Å². The number of thiocarbonyl (C=S) groups is 1. The quantitative estimate of drug-likeness (QED) is 0.496. The van der Waals surface area contributed by atoms with Gasteiger partial charge in [-0.05, 0) is 66.2 Å². The second-order valence-corrected chi connectivity index (χ2v) is 9.39. The molecule has 0 atom stereocenters. The second kappa shape index (κ2) is 9.28. The highest BCUT2D eigenvalue weighted by atomic mass is 32.2. The van der Waals surface area contributed by atoms with Crippen molar-refractivity contribution in [2.24, 2.45) is 0 Å². The van der Waals surface area contributed by atoms with Crippen molar-refractivity contribution in [1.82, 2.24) is 0 Å². The van der Waals surface area contributed by atoms with Gasteiger partial charge in [-0.3, -0.25) is 0 Å². The molecule has 0 saturated carbocycles. The number of methoxy groups -OCH3 is 1. The van der Waals surface area contributed by atoms with E-state index < -0.39 is 9.84 Å². The van der Waals surface area contributed by atoms with Gasteiger partial charge < -0.3 is 15.4 Å². The first kappa shape index (κ1) is 21.8. The summed E-state index contributed by atoms with van der Waals surface area (Å²) in [6.45, 7) is 4.27. The first-order valence-electron chi connectivity index (χ1n) is 9.47. The van der Waals surface area contributed by atoms with Crippen LogP contribution in [0.3, 0.4) is 0 Å². The van der Waals surface area contributed by atoms with Crippen molar-refractivity contribution in [3.8, 4) is 5.75 Å². The average Bonchev–Trinajstić information content (AvgIpc) is 2.74. The molecule has 0 aliphatic carbocycles. The Labute approximate surface area is 183 Å². The lowest BCUT2D eigenvalue weighted by atomic mass is 10.0. The van der Waals surface area contributed by atoms with E-state index in [9.17, 15) is 8.42 Å². The fourth-order valence-corrected chi connectivity index (χ4v) is 4.46. The van der Waals surface area contributed by atoms with Gasteiger partial charge in [0.25, 0.3) is 0 Å². The van der Waals surface area contributed by atoms with Crippen molar-refractivity contribution < 1.29 is 13.2 Å². The summed E-state index contributed by atoms with van der Waals surface area (Å²) >= 11 is 5.41. The minimum Gasteiger partial charge on any atom is -0.495 e. The molecule has 3 rings (SSSR count). The normalized spacial score (nSPS) is 11.2. The monoisotopic (exact) mass is 440 g/mol. The van der Waals surface area contributed by atoms with Gasteiger partial charge in [0.15, 0.2) is 5.11 Å². The molecule has 0 aliphatic rings. The summed E-state index contributed by atoms with van der Waals surface area (Å²) in [5.74, 6) is 0.934. The molecule has 0 heterocycles. The summed E-state index contributed by atoms with van der Waals surface area (Å²) in [5, 5.41) is 6.49. The third-order valence-corrected chi connectivity index (χ3v) is 6.59. The number of hydrogen-bond acceptors (Lipinski definition) is 4. The minimum absolute atomic E-state index is 0.154. The van der Waals surface area contributed by atoms with Gasteiger partial charge in [0.1, 0.15) is 5.75 Å². The van der Waals surface area contributed by atoms with E-state index in [-0.39, 0.29) is 9.79 Å². The molecular formula is C23H24N2O3S2. The Bertz CT molecular complexity index is 1130. The molecule has 0 amide bonds. The third kappa shape index (κ3) is 4.98. The number of hydrogen-bond donors (Lipinski definition) is 2. The molecule has 0 saturated heterocycles. The molecule has 0 radical (unpaired) electrons. The molecule has 0 aromatic heterocycles. The Morgan fingerprint density at radius 2 is 1.57 bits per heavy atom. The van der Waals surface area contributed by atoms with E-state index in [2.05, 4.69) is 24.5 Å². The molecule has 30 heavy (non-hydrogen) atoms. The smallest absolute Gasteiger partial charge is 0.206 e. The van der Waals surface area contributed by atoms with Crippen LogP contribution in [0.25, 0.3) is 0 Å². The zero-order valence-corrected chi connectivity index (χ0v) is 18.7. The SMILES string of the molecule is COc1ccc(S(=O)(=O)c2ccccc2)cc1NC(=S)Nc1ccc(C(C)C)cc1. The van der Waals surface area contributed by atoms with E-state index in [4.69, 9.17) is 17.0 Å². The predicted octanol–water partition coefficient (Wildman–Crippen LogP) is 5.46. The van der Waals surface area contributed by atoms with Crippen LogP contribution >= 0.6 is 12.2 Å². The van der Waals surface area contributed by atoms with E-state index in [1.54, 1.807) is 36.4 Å². The van der Waals surface area contributed by atoms with Crippen LogP contribution in [0.5, 0.6) is 5.75 Å². The van der Waals surface area contributed by atoms with Crippen LogP contribution in [0, 0.1) is 0 Å². The molecule has 0 spiro atoms. The van der Waals surface area contributed by atoms with Crippen molar-refractivity contribution in [2.45, 2.75) is 29.6 Å². The van der Waals surface area contributed by atoms with Crippen LogP contribution in [0.1, 0.15) is 25.3 Å². The Balaban J connectivity index is 1.83. The zero-order chi connectivity index (χ0) is 21.7. The van der Waals surface area contributed by atoms with Gasteiger partial charge in [-0.25, -0.2) is 8.42 Å². The first-order valence-corrected chi connectivity index (χ1v) is 11.4. The van der Waals surface area contributed by atoms with Crippen LogP contribution in [0.15, 0.2) is 82.6 Å². The molecule has 3 aromatic rings. The predicted molar refractivity (Wildman–Crippen MR) is 125 cm³/mol. The molecule has 0 bridgehead atoms. The van der Waals surface area contributed by atoms with E-state index >= 15 is 0 Å². The van der Waals surface area contributed by atoms with Crippen LogP contribution < -0.4 is 15.4 Å². The summed E-state index contributed by atoms with van der Waals surface area (Å²) in [4.78, 5) is 0.383. The fourth-order valence-electron chi connectivity index (χ4n) is 2.92. The molecule has 0 unspecified atom stereocenters. The summed E-state index contributed by atoms with van der Waals surface area (Å²) in [7, 11) is -2.13. The number of benzene rings is 3. The van der Waals surface area contributed by atoms with Crippen LogP contribution in [0.2, 0.25) is 0 Å². The molecule has 5 nitrogen and oxygen atoms in total. The molecule has 2 N–H and O–H groups in total. The van der Waals surface area contributed by atoms with Crippen molar-refractivity contribution >= 4 is 38.5 Å². The van der Waals surface area contributed by atoms with E-state index in [0.29, 0.717) is 22.5 Å². The second-order valence-electron chi connectivity index (χ2n) is 7.03. The molecule has 0 fully saturated rings. The Kier molecular flexibility index (Phi) is 6.74. The summed E-state index contributed by atoms with van der Waals surface area (Å²) in [5.41, 5.74) is 2.54. The topological polar surface area (TPSA) is 67.4 Å². The highest BCUT2D eigenvalue weighted by Crippen LogP contribution is 2.30. The standard InChI is InChI=1S/C23H24N2O3S2/c1-16(2)17-9-11-18(12-10-17)24-23(29)25-21-15-20(13-14-22(21)28-3)30(26,27)19-7-5-4-6-8-19/h4-16H,1-3H3,(H2,24,25,29). The van der Waals surface area contributed by atoms with E-state index in [0.717, 1.165) is 5.69 Å². The maximum Gasteiger partial charge on any atom is 0.206 e. The number of anilines is 2.